The highest BCUT2D eigenvalue weighted by Gasteiger charge is 2.53. The van der Waals surface area contributed by atoms with E-state index >= 15 is 0 Å². The number of esters is 2. The summed E-state index contributed by atoms with van der Waals surface area (Å²) in [6, 6.07) is 18.4. The van der Waals surface area contributed by atoms with Crippen molar-refractivity contribution in [3.63, 3.8) is 0 Å². The lowest BCUT2D eigenvalue weighted by Gasteiger charge is -2.34. The molecule has 27 nitrogen and oxygen atoms in total. The quantitative estimate of drug-likeness (QED) is 0.0648. The summed E-state index contributed by atoms with van der Waals surface area (Å²) in [6.07, 6.45) is -0.390. The fourth-order valence-electron chi connectivity index (χ4n) is 10.4. The zero-order valence-corrected chi connectivity index (χ0v) is 56.7. The van der Waals surface area contributed by atoms with Gasteiger partial charge in [0.25, 0.3) is 0 Å². The minimum atomic E-state index is -4.15. The van der Waals surface area contributed by atoms with Crippen molar-refractivity contribution in [2.24, 2.45) is 0 Å². The van der Waals surface area contributed by atoms with Crippen LogP contribution in [0.2, 0.25) is 0 Å². The Labute approximate surface area is 549 Å². The molecule has 6 amide bonds. The summed E-state index contributed by atoms with van der Waals surface area (Å²) >= 11 is 2.58. The number of sulfonamides is 2. The summed E-state index contributed by atoms with van der Waals surface area (Å²) in [5.41, 5.74) is -0.702. The number of carbonyl (C=O) groups is 8. The van der Waals surface area contributed by atoms with Crippen LogP contribution in [0.5, 0.6) is 11.5 Å². The summed E-state index contributed by atoms with van der Waals surface area (Å²) in [4.78, 5) is 117. The molecule has 0 unspecified atom stereocenters. The molecule has 0 bridgehead atoms. The average molecular weight is 1370 g/mol. The van der Waals surface area contributed by atoms with Gasteiger partial charge in [0.1, 0.15) is 51.8 Å². The average Bonchev–Trinajstić information content (AvgIpc) is 1.45. The maximum Gasteiger partial charge on any atom is 0.415 e. The predicted molar refractivity (Wildman–Crippen MR) is 341 cm³/mol. The number of nitrogens with one attached hydrogen (secondary N) is 2. The molecule has 31 heteroatoms. The van der Waals surface area contributed by atoms with E-state index in [1.54, 1.807) is 112 Å². The van der Waals surface area contributed by atoms with Gasteiger partial charge in [-0.2, -0.15) is 8.61 Å². The van der Waals surface area contributed by atoms with Crippen LogP contribution in [0.4, 0.5) is 19.2 Å². The summed E-state index contributed by atoms with van der Waals surface area (Å²) in [7, 11) is -8.24. The topological polar surface area (TPSA) is 317 Å². The number of ether oxygens (including phenoxy) is 6. The first-order chi connectivity index (χ1) is 43.6. The minimum absolute atomic E-state index is 0.00634. The van der Waals surface area contributed by atoms with E-state index in [9.17, 15) is 55.2 Å². The number of nitrogens with zero attached hydrogens (tertiary/aromatic N) is 7. The molecule has 4 saturated heterocycles. The molecular formula is C62H79N9O18S4. The van der Waals surface area contributed by atoms with Gasteiger partial charge >= 0.3 is 36.3 Å². The van der Waals surface area contributed by atoms with Crippen molar-refractivity contribution >= 4 is 91.7 Å². The van der Waals surface area contributed by atoms with Crippen molar-refractivity contribution < 1.29 is 83.6 Å². The zero-order valence-electron chi connectivity index (χ0n) is 53.4. The van der Waals surface area contributed by atoms with Crippen LogP contribution >= 0.6 is 23.5 Å². The largest absolute Gasteiger partial charge is 0.458 e. The Hall–Kier alpha value is -7.71. The van der Waals surface area contributed by atoms with Crippen molar-refractivity contribution in [3.05, 3.63) is 115 Å². The van der Waals surface area contributed by atoms with Crippen LogP contribution in [0.25, 0.3) is 0 Å². The van der Waals surface area contributed by atoms with Crippen LogP contribution < -0.4 is 20.1 Å². The summed E-state index contributed by atoms with van der Waals surface area (Å²) in [6.45, 7) is 17.1. The van der Waals surface area contributed by atoms with E-state index in [1.807, 2.05) is 0 Å². The Balaban J connectivity index is 0.750. The van der Waals surface area contributed by atoms with Crippen LogP contribution in [-0.4, -0.2) is 214 Å². The van der Waals surface area contributed by atoms with Gasteiger partial charge < -0.3 is 58.7 Å². The van der Waals surface area contributed by atoms with Gasteiger partial charge in [-0.25, -0.2) is 45.6 Å². The molecule has 4 atom stereocenters. The van der Waals surface area contributed by atoms with E-state index in [4.69, 9.17) is 28.4 Å². The number of benzene rings is 3. The van der Waals surface area contributed by atoms with Crippen molar-refractivity contribution in [2.45, 2.75) is 137 Å². The number of aromatic nitrogens is 1. The van der Waals surface area contributed by atoms with E-state index in [0.29, 0.717) is 11.1 Å². The third kappa shape index (κ3) is 18.4. The highest BCUT2D eigenvalue weighted by atomic mass is 32.2. The monoisotopic (exact) mass is 1370 g/mol. The highest BCUT2D eigenvalue weighted by molar-refractivity contribution is 8.02. The molecule has 1 aromatic heterocycles. The SMILES string of the molecule is CC(C)(C)OC(=O)[C@H](Cc1ccc(OC(=O)N2CCN(C(=O)OCOC(=O)N3CCN(C(=O)Oc4ccc(C[C@H](NC(=O)[C@H]5N(S(=O)(=O)c6cccnc6)CSC5(C)C)C(=O)OC(C)(C)C)cc4)CC3)CC2)cc1)NC(=O)[C@H]1N(S(=O)(=O)c2ccccc2)CSC1(C)C. The number of piperazine rings is 2. The minimum Gasteiger partial charge on any atom is -0.458 e. The molecule has 0 radical (unpaired) electrons. The number of amides is 6. The maximum atomic E-state index is 14.1. The number of pyridine rings is 1. The van der Waals surface area contributed by atoms with Crippen LogP contribution in [0.3, 0.4) is 0 Å². The predicted octanol–water partition coefficient (Wildman–Crippen LogP) is 6.07. The first-order valence-corrected chi connectivity index (χ1v) is 34.7. The fraction of sp³-hybridized carbons (Fsp3) is 0.500. The summed E-state index contributed by atoms with van der Waals surface area (Å²) < 4.78 is 88.6. The second kappa shape index (κ2) is 29.3. The first-order valence-electron chi connectivity index (χ1n) is 29.9. The molecule has 4 aliphatic heterocycles. The zero-order chi connectivity index (χ0) is 67.8. The van der Waals surface area contributed by atoms with Crippen molar-refractivity contribution in [1.29, 1.82) is 0 Å². The van der Waals surface area contributed by atoms with Gasteiger partial charge in [-0.1, -0.05) is 42.5 Å². The van der Waals surface area contributed by atoms with Gasteiger partial charge in [0.05, 0.1) is 16.6 Å². The standard InChI is InChI=1S/C62H79N9O18S4/c1-59(2,3)88-53(74)47(64-51(72)49-61(7,8)90-38-70(49)92(80,81)45-15-12-11-13-16-45)35-41-18-22-43(23-19-41)86-57(78)68-31-27-66(28-32-68)55(76)84-40-85-56(77)67-29-33-69(34-30-67)58(79)87-44-24-20-42(21-25-44)36-48(54(75)89-60(4,5)6)65-52(73)50-62(9,10)91-39-71(50)93(82,83)46-17-14-26-63-37-46/h11-26,37,47-50H,27-36,38-40H2,1-10H3,(H,64,72)(H,65,73)/t47-,48-,49+,50+/m0/s1. The number of thioether (sulfide) groups is 2. The lowest BCUT2D eigenvalue weighted by atomic mass is 10.0. The first kappa shape index (κ1) is 71.1. The second-order valence-corrected chi connectivity index (χ2v) is 32.3. The van der Waals surface area contributed by atoms with Gasteiger partial charge in [0.2, 0.25) is 38.7 Å². The molecule has 2 N–H and O–H groups in total. The van der Waals surface area contributed by atoms with Crippen LogP contribution in [-0.2, 0) is 71.0 Å². The third-order valence-corrected chi connectivity index (χ3v) is 21.9. The Morgan fingerprint density at radius 2 is 0.871 bits per heavy atom. The van der Waals surface area contributed by atoms with E-state index in [2.05, 4.69) is 15.6 Å². The molecule has 0 saturated carbocycles. The van der Waals surface area contributed by atoms with Crippen molar-refractivity contribution in [1.82, 2.24) is 43.8 Å². The summed E-state index contributed by atoms with van der Waals surface area (Å²) in [5, 5.41) is 5.54. The molecule has 93 heavy (non-hydrogen) atoms. The van der Waals surface area contributed by atoms with Gasteiger partial charge in [0.15, 0.2) is 0 Å². The van der Waals surface area contributed by atoms with E-state index in [1.165, 1.54) is 104 Å². The van der Waals surface area contributed by atoms with Crippen LogP contribution in [0.1, 0.15) is 80.4 Å². The van der Waals surface area contributed by atoms with Crippen LogP contribution in [0, 0.1) is 0 Å². The second-order valence-electron chi connectivity index (χ2n) is 25.4. The van der Waals surface area contributed by atoms with E-state index in [0.717, 1.165) is 8.61 Å². The molecule has 3 aromatic carbocycles. The molecule has 5 heterocycles. The molecule has 4 aromatic rings. The Morgan fingerprint density at radius 1 is 0.516 bits per heavy atom. The molecule has 4 fully saturated rings. The van der Waals surface area contributed by atoms with Gasteiger partial charge in [-0.3, -0.25) is 14.6 Å². The number of rotatable bonds is 18. The van der Waals surface area contributed by atoms with E-state index in [-0.39, 0.29) is 98.2 Å². The smallest absolute Gasteiger partial charge is 0.415 e. The van der Waals surface area contributed by atoms with E-state index < -0.39 is 120 Å². The lowest BCUT2D eigenvalue weighted by molar-refractivity contribution is -0.159. The van der Waals surface area contributed by atoms with Crippen LogP contribution in [0.15, 0.2) is 113 Å². The molecule has 504 valence electrons. The molecule has 0 aliphatic carbocycles. The third-order valence-electron chi connectivity index (χ3n) is 15.2. The number of carbonyl (C=O) groups excluding carboxylic acids is 8. The van der Waals surface area contributed by atoms with Gasteiger partial charge in [-0.05, 0) is 129 Å². The summed E-state index contributed by atoms with van der Waals surface area (Å²) in [5.74, 6) is -2.46. The van der Waals surface area contributed by atoms with Crippen molar-refractivity contribution in [2.75, 3.05) is 70.9 Å². The molecular weight excluding hydrogens is 1290 g/mol. The highest BCUT2D eigenvalue weighted by Crippen LogP contribution is 2.44. The maximum absolute atomic E-state index is 14.1. The molecule has 0 spiro atoms. The Morgan fingerprint density at radius 3 is 1.23 bits per heavy atom. The van der Waals surface area contributed by atoms with Gasteiger partial charge in [0, 0.05) is 87.1 Å². The van der Waals surface area contributed by atoms with Gasteiger partial charge in [-0.15, -0.1) is 23.5 Å². The molecule has 4 aliphatic rings. The van der Waals surface area contributed by atoms with Crippen molar-refractivity contribution in [3.8, 4) is 11.5 Å². The Kier molecular flexibility index (Phi) is 22.4. The number of hydrogen-bond donors (Lipinski definition) is 2. The number of hydrogen-bond acceptors (Lipinski definition) is 21. The lowest BCUT2D eigenvalue weighted by Crippen LogP contribution is -2.57. The Bertz CT molecular complexity index is 3360. The molecule has 8 rings (SSSR count). The fourth-order valence-corrected chi connectivity index (χ4v) is 16.7. The normalized spacial score (nSPS) is 19.3.